The summed E-state index contributed by atoms with van der Waals surface area (Å²) in [4.78, 5) is 40.6. The lowest BCUT2D eigenvalue weighted by Crippen LogP contribution is -2.27. The van der Waals surface area contributed by atoms with E-state index in [1.807, 2.05) is 39.0 Å². The van der Waals surface area contributed by atoms with Gasteiger partial charge in [-0.25, -0.2) is 0 Å². The number of hydrogen-bond donors (Lipinski definition) is 0. The SMILES string of the molecule is C=C/C=C(\SC(C)(C)C)c1cc2c(s1)C1=C3C(=O)N4C=C(CC(CCCCCC)CCCCCCCC)c5cc(C(C)(C)C)sc5C4=C3C(=O)N1C=C2CC(CCCCCC)CCCCCCCC. The van der Waals surface area contributed by atoms with E-state index >= 15 is 9.59 Å². The lowest BCUT2D eigenvalue weighted by atomic mass is 9.85. The summed E-state index contributed by atoms with van der Waals surface area (Å²) < 4.78 is -0.00450. The molecule has 0 saturated heterocycles. The van der Waals surface area contributed by atoms with Crippen molar-refractivity contribution in [2.45, 2.75) is 246 Å². The van der Waals surface area contributed by atoms with Crippen LogP contribution in [0.4, 0.5) is 0 Å². The average Bonchev–Trinajstić information content (AvgIpc) is 4.08. The van der Waals surface area contributed by atoms with Gasteiger partial charge in [-0.2, -0.15) is 0 Å². The number of hydrogen-bond acceptors (Lipinski definition) is 5. The second kappa shape index (κ2) is 26.2. The Bertz CT molecular complexity index is 2230. The topological polar surface area (TPSA) is 40.6 Å². The minimum Gasteiger partial charge on any atom is -0.281 e. The normalized spacial score (nSPS) is 16.8. The second-order valence-corrected chi connectivity index (χ2v) is 27.0. The lowest BCUT2D eigenvalue weighted by molar-refractivity contribution is -0.122. The molecule has 6 heterocycles. The van der Waals surface area contributed by atoms with Gasteiger partial charge in [-0.3, -0.25) is 19.4 Å². The molecule has 380 valence electrons. The molecule has 0 saturated carbocycles. The third-order valence-corrected chi connectivity index (χ3v) is 18.8. The van der Waals surface area contributed by atoms with E-state index in [0.29, 0.717) is 23.0 Å². The quantitative estimate of drug-likeness (QED) is 0.0558. The number of thioether (sulfide) groups is 1. The third kappa shape index (κ3) is 14.2. The van der Waals surface area contributed by atoms with E-state index in [9.17, 15) is 0 Å². The van der Waals surface area contributed by atoms with Crippen LogP contribution in [-0.4, -0.2) is 26.4 Å². The van der Waals surface area contributed by atoms with Crippen molar-refractivity contribution in [1.82, 2.24) is 9.80 Å². The number of unbranched alkanes of at least 4 members (excludes halogenated alkanes) is 16. The first-order valence-electron chi connectivity index (χ1n) is 28.0. The Morgan fingerprint density at radius 1 is 0.580 bits per heavy atom. The fraction of sp³-hybridized carbons (Fsp3) is 0.645. The van der Waals surface area contributed by atoms with E-state index in [-0.39, 0.29) is 22.0 Å². The van der Waals surface area contributed by atoms with Crippen molar-refractivity contribution in [2.75, 3.05) is 0 Å². The molecule has 0 bridgehead atoms. The molecule has 2 unspecified atom stereocenters. The van der Waals surface area contributed by atoms with E-state index in [4.69, 9.17) is 0 Å². The Kier molecular flexibility index (Phi) is 21.0. The molecule has 6 rings (SSSR count). The molecule has 0 N–H and O–H groups in total. The molecule has 0 aliphatic carbocycles. The molecule has 7 heteroatoms. The maximum atomic E-state index is 15.5. The molecule has 2 atom stereocenters. The van der Waals surface area contributed by atoms with Crippen molar-refractivity contribution in [3.05, 3.63) is 85.0 Å². The molecule has 0 spiro atoms. The maximum absolute atomic E-state index is 15.5. The molecule has 2 aromatic rings. The van der Waals surface area contributed by atoms with Crippen LogP contribution in [0.2, 0.25) is 0 Å². The number of rotatable bonds is 31. The molecule has 4 aliphatic heterocycles. The van der Waals surface area contributed by atoms with Gasteiger partial charge in [0.05, 0.1) is 32.3 Å². The van der Waals surface area contributed by atoms with E-state index in [0.717, 1.165) is 34.0 Å². The Balaban J connectivity index is 1.44. The summed E-state index contributed by atoms with van der Waals surface area (Å²) in [6.45, 7) is 27.0. The molecule has 0 radical (unpaired) electrons. The standard InChI is InChI=1S/C62H92N2O2S3/c1-12-17-21-25-27-31-36-44(34-29-23-19-14-3)38-46-42-63-55(57-48(46)40-51(67-57)50(33-16-5)69-62(9,10)11)53-54(60(63)66)56-58-49(41-52(68-58)61(6,7)8)47(43-64(56)59(53)65)39-45(35-30-24-20-15-4)37-32-28-26-22-18-13-2/h16,33,40-45H,5,12-15,17-32,34-39H2,1-4,6-11H3/b50-33-. The van der Waals surface area contributed by atoms with E-state index < -0.39 is 0 Å². The van der Waals surface area contributed by atoms with Crippen molar-refractivity contribution in [2.24, 2.45) is 11.8 Å². The van der Waals surface area contributed by atoms with Crippen molar-refractivity contribution >= 4 is 73.7 Å². The van der Waals surface area contributed by atoms with Crippen LogP contribution in [0.25, 0.3) is 27.4 Å². The number of fused-ring (bicyclic) bond motifs is 7. The van der Waals surface area contributed by atoms with Crippen LogP contribution in [0.1, 0.15) is 267 Å². The van der Waals surface area contributed by atoms with E-state index in [2.05, 4.69) is 106 Å². The first-order chi connectivity index (χ1) is 33.1. The molecule has 2 aromatic heterocycles. The zero-order valence-electron chi connectivity index (χ0n) is 45.1. The first kappa shape index (κ1) is 55.4. The monoisotopic (exact) mass is 993 g/mol. The number of thiophene rings is 2. The molecular formula is C62H92N2O2S3. The van der Waals surface area contributed by atoms with Gasteiger partial charge < -0.3 is 0 Å². The minimum atomic E-state index is -0.0630. The largest absolute Gasteiger partial charge is 0.281 e. The summed E-state index contributed by atoms with van der Waals surface area (Å²) in [6, 6.07) is 4.81. The Labute approximate surface area is 433 Å². The average molecular weight is 994 g/mol. The highest BCUT2D eigenvalue weighted by Crippen LogP contribution is 2.57. The van der Waals surface area contributed by atoms with Gasteiger partial charge in [-0.1, -0.05) is 236 Å². The Hall–Kier alpha value is -2.87. The summed E-state index contributed by atoms with van der Waals surface area (Å²) in [5.74, 6) is 1.03. The molecule has 2 amide bonds. The van der Waals surface area contributed by atoms with Gasteiger partial charge >= 0.3 is 0 Å². The van der Waals surface area contributed by atoms with Crippen LogP contribution in [0.5, 0.6) is 0 Å². The molecule has 0 aromatic carbocycles. The van der Waals surface area contributed by atoms with Crippen LogP contribution in [0.3, 0.4) is 0 Å². The third-order valence-electron chi connectivity index (χ3n) is 14.8. The maximum Gasteiger partial charge on any atom is 0.265 e. The van der Waals surface area contributed by atoms with Gasteiger partial charge in [0.15, 0.2) is 0 Å². The number of carbonyl (C=O) groups is 2. The molecular weight excluding hydrogens is 901 g/mol. The predicted molar refractivity (Wildman–Crippen MR) is 306 cm³/mol. The fourth-order valence-corrected chi connectivity index (χ4v) is 14.7. The summed E-state index contributed by atoms with van der Waals surface area (Å²) >= 11 is 5.44. The van der Waals surface area contributed by atoms with Crippen LogP contribution < -0.4 is 0 Å². The number of carbonyl (C=O) groups excluding carboxylic acids is 2. The van der Waals surface area contributed by atoms with Gasteiger partial charge in [0, 0.05) is 31.8 Å². The minimum absolute atomic E-state index is 0.00450. The van der Waals surface area contributed by atoms with Gasteiger partial charge in [0.1, 0.15) is 0 Å². The van der Waals surface area contributed by atoms with Crippen molar-refractivity contribution < 1.29 is 9.59 Å². The smallest absolute Gasteiger partial charge is 0.265 e. The number of nitrogens with zero attached hydrogens (tertiary/aromatic N) is 2. The Morgan fingerprint density at radius 2 is 0.971 bits per heavy atom. The predicted octanol–water partition coefficient (Wildman–Crippen LogP) is 20.1. The number of amides is 2. The van der Waals surface area contributed by atoms with Gasteiger partial charge in [0.25, 0.3) is 11.8 Å². The Morgan fingerprint density at radius 3 is 1.38 bits per heavy atom. The van der Waals surface area contributed by atoms with Crippen molar-refractivity contribution in [3.8, 4) is 0 Å². The zero-order valence-corrected chi connectivity index (χ0v) is 47.6. The summed E-state index contributed by atoms with van der Waals surface area (Å²) in [5, 5.41) is 0. The highest BCUT2D eigenvalue weighted by molar-refractivity contribution is 8.09. The van der Waals surface area contributed by atoms with Crippen LogP contribution in [-0.2, 0) is 15.0 Å². The molecule has 4 aliphatic rings. The molecule has 0 fully saturated rings. The van der Waals surface area contributed by atoms with Crippen LogP contribution in [0, 0.1) is 11.8 Å². The van der Waals surface area contributed by atoms with Crippen molar-refractivity contribution in [1.29, 1.82) is 0 Å². The highest BCUT2D eigenvalue weighted by Gasteiger charge is 2.52. The highest BCUT2D eigenvalue weighted by atomic mass is 32.2. The number of allylic oxidation sites excluding steroid dienone is 4. The van der Waals surface area contributed by atoms with Gasteiger partial charge in [-0.05, 0) is 70.6 Å². The summed E-state index contributed by atoms with van der Waals surface area (Å²) in [6.07, 6.45) is 41.1. The van der Waals surface area contributed by atoms with Gasteiger partial charge in [0.2, 0.25) is 0 Å². The van der Waals surface area contributed by atoms with E-state index in [1.54, 1.807) is 11.3 Å². The van der Waals surface area contributed by atoms with Gasteiger partial charge in [-0.15, -0.1) is 34.4 Å². The summed E-state index contributed by atoms with van der Waals surface area (Å²) in [5.41, 5.74) is 7.73. The first-order valence-corrected chi connectivity index (χ1v) is 30.5. The zero-order chi connectivity index (χ0) is 49.7. The van der Waals surface area contributed by atoms with Crippen LogP contribution in [0.15, 0.2) is 54.4 Å². The fourth-order valence-electron chi connectivity index (χ4n) is 11.0. The van der Waals surface area contributed by atoms with E-state index in [1.165, 1.54) is 191 Å². The van der Waals surface area contributed by atoms with Crippen molar-refractivity contribution in [3.63, 3.8) is 0 Å². The lowest BCUT2D eigenvalue weighted by Gasteiger charge is -2.29. The molecule has 4 nitrogen and oxygen atoms in total. The van der Waals surface area contributed by atoms with Crippen LogP contribution >= 0.6 is 34.4 Å². The molecule has 69 heavy (non-hydrogen) atoms. The second-order valence-electron chi connectivity index (χ2n) is 23.0. The summed E-state index contributed by atoms with van der Waals surface area (Å²) in [7, 11) is 0.